The van der Waals surface area contributed by atoms with Gasteiger partial charge >= 0.3 is 0 Å². The number of nitrogens with one attached hydrogen (secondary N) is 1. The maximum absolute atomic E-state index is 15.0. The Morgan fingerprint density at radius 2 is 1.79 bits per heavy atom. The summed E-state index contributed by atoms with van der Waals surface area (Å²) in [5.74, 6) is 0.396. The first kappa shape index (κ1) is 24.4. The summed E-state index contributed by atoms with van der Waals surface area (Å²) in [4.78, 5) is 4.48. The Labute approximate surface area is 196 Å². The second-order valence-corrected chi connectivity index (χ2v) is 7.96. The van der Waals surface area contributed by atoms with Crippen LogP contribution in [0.25, 0.3) is 10.8 Å². The zero-order valence-corrected chi connectivity index (χ0v) is 20.2. The lowest BCUT2D eigenvalue weighted by molar-refractivity contribution is 0.270. The van der Waals surface area contributed by atoms with Crippen molar-refractivity contribution in [2.75, 3.05) is 42.9 Å². The molecule has 2 aromatic carbocycles. The molecule has 0 radical (unpaired) electrons. The largest absolute Gasteiger partial charge is 0.367 e. The number of nitriles is 1. The van der Waals surface area contributed by atoms with Crippen molar-refractivity contribution in [3.8, 4) is 6.07 Å². The Bertz CT molecular complexity index is 1150. The van der Waals surface area contributed by atoms with Crippen LogP contribution in [0.2, 0.25) is 0 Å². The van der Waals surface area contributed by atoms with E-state index in [2.05, 4.69) is 38.3 Å². The standard InChI is InChI=1S/C24H27FN6.C2H6/c1-4-30-8-10-31(11-9-30)23-13-21-20(12-22(23)25)17(3)28-29-24(21)27-15-19-7-5-6-18(14-26)16(19)2;1-2/h5-7,12-13H,4,8-11,15H2,1-3H3,(H,27,29);1-2H3. The fourth-order valence-corrected chi connectivity index (χ4v) is 4.14. The Balaban J connectivity index is 0.00000149. The molecule has 1 saturated heterocycles. The van der Waals surface area contributed by atoms with E-state index in [0.717, 1.165) is 54.6 Å². The smallest absolute Gasteiger partial charge is 0.156 e. The van der Waals surface area contributed by atoms with Gasteiger partial charge in [0.25, 0.3) is 0 Å². The van der Waals surface area contributed by atoms with Gasteiger partial charge in [-0.1, -0.05) is 32.9 Å². The molecule has 0 atom stereocenters. The molecule has 1 aromatic heterocycles. The molecular weight excluding hydrogens is 415 g/mol. The fraction of sp³-hybridized carbons (Fsp3) is 0.423. The van der Waals surface area contributed by atoms with Gasteiger partial charge in [0.05, 0.1) is 23.0 Å². The van der Waals surface area contributed by atoms with Crippen molar-refractivity contribution in [3.63, 3.8) is 0 Å². The van der Waals surface area contributed by atoms with Crippen LogP contribution in [0.4, 0.5) is 15.9 Å². The van der Waals surface area contributed by atoms with Crippen LogP contribution in [-0.2, 0) is 6.54 Å². The molecule has 0 bridgehead atoms. The van der Waals surface area contributed by atoms with E-state index in [1.54, 1.807) is 6.07 Å². The minimum atomic E-state index is -0.225. The molecule has 0 aliphatic carbocycles. The molecule has 1 aliphatic rings. The molecule has 2 heterocycles. The van der Waals surface area contributed by atoms with Gasteiger partial charge in [-0.3, -0.25) is 0 Å². The van der Waals surface area contributed by atoms with Crippen molar-refractivity contribution in [2.45, 2.75) is 41.2 Å². The molecule has 0 unspecified atom stereocenters. The van der Waals surface area contributed by atoms with Crippen LogP contribution in [0.15, 0.2) is 30.3 Å². The molecule has 33 heavy (non-hydrogen) atoms. The molecule has 3 aromatic rings. The minimum Gasteiger partial charge on any atom is -0.367 e. The summed E-state index contributed by atoms with van der Waals surface area (Å²) in [6.45, 7) is 14.9. The van der Waals surface area contributed by atoms with Crippen molar-refractivity contribution in [1.82, 2.24) is 15.1 Å². The molecule has 1 fully saturated rings. The summed E-state index contributed by atoms with van der Waals surface area (Å²) in [6, 6.07) is 11.4. The van der Waals surface area contributed by atoms with E-state index in [4.69, 9.17) is 0 Å². The highest BCUT2D eigenvalue weighted by molar-refractivity contribution is 5.95. The number of anilines is 2. The Kier molecular flexibility index (Phi) is 8.18. The fourth-order valence-electron chi connectivity index (χ4n) is 4.14. The van der Waals surface area contributed by atoms with Crippen molar-refractivity contribution >= 4 is 22.3 Å². The number of aryl methyl sites for hydroxylation is 1. The molecule has 1 aliphatic heterocycles. The van der Waals surface area contributed by atoms with Gasteiger partial charge in [0.15, 0.2) is 5.82 Å². The third-order valence-electron chi connectivity index (χ3n) is 6.20. The van der Waals surface area contributed by atoms with Crippen LogP contribution in [0.3, 0.4) is 0 Å². The van der Waals surface area contributed by atoms with Gasteiger partial charge in [0.2, 0.25) is 0 Å². The van der Waals surface area contributed by atoms with E-state index in [1.165, 1.54) is 0 Å². The van der Waals surface area contributed by atoms with E-state index < -0.39 is 0 Å². The number of benzene rings is 2. The van der Waals surface area contributed by atoms with Gasteiger partial charge in [0, 0.05) is 43.5 Å². The molecule has 6 nitrogen and oxygen atoms in total. The number of halogens is 1. The number of aromatic nitrogens is 2. The summed E-state index contributed by atoms with van der Waals surface area (Å²) in [5.41, 5.74) is 3.94. The first-order chi connectivity index (χ1) is 16.0. The predicted molar refractivity (Wildman–Crippen MR) is 133 cm³/mol. The lowest BCUT2D eigenvalue weighted by atomic mass is 10.0. The number of rotatable bonds is 5. The normalized spacial score (nSPS) is 13.9. The summed E-state index contributed by atoms with van der Waals surface area (Å²) < 4.78 is 15.0. The van der Waals surface area contributed by atoms with Gasteiger partial charge in [-0.15, -0.1) is 5.10 Å². The molecule has 174 valence electrons. The number of likely N-dealkylation sites (N-methyl/N-ethyl adjacent to an activating group) is 1. The first-order valence-electron chi connectivity index (χ1n) is 11.7. The van der Waals surface area contributed by atoms with E-state index >= 15 is 4.39 Å². The molecule has 1 N–H and O–H groups in total. The maximum Gasteiger partial charge on any atom is 0.156 e. The van der Waals surface area contributed by atoms with Crippen LogP contribution in [0.5, 0.6) is 0 Å². The molecule has 0 spiro atoms. The van der Waals surface area contributed by atoms with Crippen LogP contribution in [0, 0.1) is 31.0 Å². The summed E-state index contributed by atoms with van der Waals surface area (Å²) in [6.07, 6.45) is 0. The van der Waals surface area contributed by atoms with E-state index in [-0.39, 0.29) is 5.82 Å². The minimum absolute atomic E-state index is 0.225. The Hall–Kier alpha value is -3.24. The molecule has 4 rings (SSSR count). The van der Waals surface area contributed by atoms with E-state index in [1.807, 2.05) is 52.0 Å². The number of piperazine rings is 1. The number of nitrogens with zero attached hydrogens (tertiary/aromatic N) is 5. The highest BCUT2D eigenvalue weighted by atomic mass is 19.1. The highest BCUT2D eigenvalue weighted by Gasteiger charge is 2.20. The van der Waals surface area contributed by atoms with Gasteiger partial charge in [0.1, 0.15) is 5.82 Å². The van der Waals surface area contributed by atoms with Crippen LogP contribution in [-0.4, -0.2) is 47.8 Å². The third kappa shape index (κ3) is 5.23. The lowest BCUT2D eigenvalue weighted by Crippen LogP contribution is -2.46. The zero-order valence-electron chi connectivity index (χ0n) is 20.2. The molecular formula is C26H33FN6. The average Bonchev–Trinajstić information content (AvgIpc) is 2.86. The predicted octanol–water partition coefficient (Wildman–Crippen LogP) is 5.04. The van der Waals surface area contributed by atoms with Gasteiger partial charge in [-0.05, 0) is 49.7 Å². The second-order valence-electron chi connectivity index (χ2n) is 7.96. The molecule has 0 saturated carbocycles. The van der Waals surface area contributed by atoms with Crippen molar-refractivity contribution in [1.29, 1.82) is 5.26 Å². The third-order valence-corrected chi connectivity index (χ3v) is 6.20. The zero-order chi connectivity index (χ0) is 24.0. The maximum atomic E-state index is 15.0. The van der Waals surface area contributed by atoms with Gasteiger partial charge in [-0.2, -0.15) is 10.4 Å². The average molecular weight is 449 g/mol. The topological polar surface area (TPSA) is 68.1 Å². The van der Waals surface area contributed by atoms with Crippen molar-refractivity contribution in [3.05, 3.63) is 58.5 Å². The van der Waals surface area contributed by atoms with E-state index in [9.17, 15) is 5.26 Å². The van der Waals surface area contributed by atoms with Crippen LogP contribution >= 0.6 is 0 Å². The van der Waals surface area contributed by atoms with Crippen LogP contribution < -0.4 is 10.2 Å². The SMILES string of the molecule is CC.CCN1CCN(c2cc3c(NCc4cccc(C#N)c4C)nnc(C)c3cc2F)CC1. The van der Waals surface area contributed by atoms with Crippen molar-refractivity contribution in [2.24, 2.45) is 0 Å². The number of hydrogen-bond donors (Lipinski definition) is 1. The van der Waals surface area contributed by atoms with Gasteiger partial charge in [-0.25, -0.2) is 4.39 Å². The Morgan fingerprint density at radius 3 is 2.45 bits per heavy atom. The lowest BCUT2D eigenvalue weighted by Gasteiger charge is -2.35. The summed E-state index contributed by atoms with van der Waals surface area (Å²) in [5, 5.41) is 22.8. The van der Waals surface area contributed by atoms with Gasteiger partial charge < -0.3 is 15.1 Å². The second kappa shape index (κ2) is 11.1. The monoisotopic (exact) mass is 448 g/mol. The highest BCUT2D eigenvalue weighted by Crippen LogP contribution is 2.31. The number of fused-ring (bicyclic) bond motifs is 1. The molecule has 0 amide bonds. The number of hydrogen-bond acceptors (Lipinski definition) is 6. The van der Waals surface area contributed by atoms with E-state index in [0.29, 0.717) is 29.3 Å². The van der Waals surface area contributed by atoms with Crippen molar-refractivity contribution < 1.29 is 4.39 Å². The Morgan fingerprint density at radius 1 is 1.06 bits per heavy atom. The quantitative estimate of drug-likeness (QED) is 0.590. The summed E-state index contributed by atoms with van der Waals surface area (Å²) in [7, 11) is 0. The molecule has 7 heteroatoms. The first-order valence-corrected chi connectivity index (χ1v) is 11.7. The van der Waals surface area contributed by atoms with Crippen LogP contribution in [0.1, 0.15) is 43.2 Å². The summed E-state index contributed by atoms with van der Waals surface area (Å²) >= 11 is 0.